The highest BCUT2D eigenvalue weighted by molar-refractivity contribution is 9.11. The van der Waals surface area contributed by atoms with Crippen molar-refractivity contribution in [3.8, 4) is 0 Å². The Hall–Kier alpha value is 0.180. The molecule has 0 aliphatic heterocycles. The quantitative estimate of drug-likeness (QED) is 0.574. The zero-order chi connectivity index (χ0) is 11.9. The van der Waals surface area contributed by atoms with Crippen LogP contribution in [0.3, 0.4) is 0 Å². The fraction of sp³-hybridized carbons (Fsp3) is 0.143. The molecule has 0 fully saturated rings. The molecule has 8 heteroatoms. The van der Waals surface area contributed by atoms with E-state index in [0.29, 0.717) is 12.1 Å². The molecule has 0 bridgehead atoms. The van der Waals surface area contributed by atoms with Gasteiger partial charge < -0.3 is 0 Å². The van der Waals surface area contributed by atoms with Crippen molar-refractivity contribution in [1.29, 1.82) is 0 Å². The zero-order valence-corrected chi connectivity index (χ0v) is 10.7. The maximum absolute atomic E-state index is 12.9. The summed E-state index contributed by atoms with van der Waals surface area (Å²) in [4.78, 5) is -1.05. The van der Waals surface area contributed by atoms with Gasteiger partial charge in [0.2, 0.25) is 0 Å². The molecule has 0 amide bonds. The Bertz CT molecular complexity index is 356. The Morgan fingerprint density at radius 1 is 1.07 bits per heavy atom. The highest BCUT2D eigenvalue weighted by atomic mass is 79.9. The third-order valence-electron chi connectivity index (χ3n) is 1.36. The average molecular weight is 373 g/mol. The molecule has 1 radical (unpaired) electrons. The van der Waals surface area contributed by atoms with Crippen molar-refractivity contribution in [3.63, 3.8) is 0 Å². The first-order valence-electron chi connectivity index (χ1n) is 3.32. The van der Waals surface area contributed by atoms with Crippen LogP contribution in [0, 0.1) is 6.07 Å². The number of alkyl halides is 3. The van der Waals surface area contributed by atoms with E-state index in [2.05, 4.69) is 37.9 Å². The highest BCUT2D eigenvalue weighted by Crippen LogP contribution is 2.70. The van der Waals surface area contributed by atoms with E-state index in [-0.39, 0.29) is 8.95 Å². The van der Waals surface area contributed by atoms with Crippen molar-refractivity contribution >= 4 is 42.7 Å². The topological polar surface area (TPSA) is 0 Å². The van der Waals surface area contributed by atoms with Crippen molar-refractivity contribution < 1.29 is 20.9 Å². The van der Waals surface area contributed by atoms with Gasteiger partial charge in [0.15, 0.2) is 10.8 Å². The van der Waals surface area contributed by atoms with Gasteiger partial charge in [-0.05, 0) is 12.1 Å². The van der Waals surface area contributed by atoms with Crippen molar-refractivity contribution in [2.24, 2.45) is 0 Å². The first-order chi connectivity index (χ1) is 6.64. The molecule has 0 atom stereocenters. The fourth-order valence-corrected chi connectivity index (χ4v) is 3.05. The number of hydrogen-bond acceptors (Lipinski definition) is 0. The molecule has 1 aromatic carbocycles. The van der Waals surface area contributed by atoms with Crippen LogP contribution in [0.25, 0.3) is 0 Å². The maximum Gasteiger partial charge on any atom is 0.482 e. The lowest BCUT2D eigenvalue weighted by atomic mass is 10.4. The molecule has 0 heterocycles. The molecular weight excluding hydrogens is 371 g/mol. The summed E-state index contributed by atoms with van der Waals surface area (Å²) in [6.07, 6.45) is 0. The van der Waals surface area contributed by atoms with Crippen LogP contribution in [0.5, 0.6) is 0 Å². The zero-order valence-electron chi connectivity index (χ0n) is 6.71. The van der Waals surface area contributed by atoms with E-state index >= 15 is 0 Å². The van der Waals surface area contributed by atoms with E-state index in [1.165, 1.54) is 0 Å². The van der Waals surface area contributed by atoms with Crippen LogP contribution in [0.2, 0.25) is 0 Å². The minimum atomic E-state index is -5.80. The fourth-order valence-electron chi connectivity index (χ4n) is 0.759. The molecule has 0 unspecified atom stereocenters. The summed E-state index contributed by atoms with van der Waals surface area (Å²) in [5, 5.41) is 0. The van der Waals surface area contributed by atoms with E-state index in [0.717, 1.165) is 0 Å². The molecule has 85 valence electrons. The van der Waals surface area contributed by atoms with Crippen LogP contribution in [0.15, 0.2) is 26.0 Å². The number of benzene rings is 1. The lowest BCUT2D eigenvalue weighted by Crippen LogP contribution is -2.12. The largest absolute Gasteiger partial charge is 0.482 e. The molecule has 0 aromatic heterocycles. The van der Waals surface area contributed by atoms with Crippen LogP contribution < -0.4 is 0 Å². The Morgan fingerprint density at radius 2 is 1.47 bits per heavy atom. The third kappa shape index (κ3) is 2.85. The molecular formula is C7H2Br2F5S. The minimum absolute atomic E-state index is 0.0447. The van der Waals surface area contributed by atoms with E-state index in [9.17, 15) is 20.9 Å². The summed E-state index contributed by atoms with van der Waals surface area (Å²) in [5.74, 6) is 0. The van der Waals surface area contributed by atoms with Crippen LogP contribution in [0.4, 0.5) is 20.9 Å². The van der Waals surface area contributed by atoms with E-state index in [1.54, 1.807) is 0 Å². The molecule has 15 heavy (non-hydrogen) atoms. The van der Waals surface area contributed by atoms with Gasteiger partial charge >= 0.3 is 5.51 Å². The van der Waals surface area contributed by atoms with Gasteiger partial charge in [-0.2, -0.15) is 13.2 Å². The van der Waals surface area contributed by atoms with Gasteiger partial charge in [-0.1, -0.05) is 31.9 Å². The van der Waals surface area contributed by atoms with E-state index < -0.39 is 21.2 Å². The minimum Gasteiger partial charge on any atom is -0.157 e. The molecule has 0 saturated carbocycles. The lowest BCUT2D eigenvalue weighted by molar-refractivity contribution is -0.0463. The van der Waals surface area contributed by atoms with Gasteiger partial charge in [-0.25, -0.2) is 0 Å². The average Bonchev–Trinajstić information content (AvgIpc) is 1.99. The van der Waals surface area contributed by atoms with Crippen LogP contribution in [-0.4, -0.2) is 5.51 Å². The van der Waals surface area contributed by atoms with Gasteiger partial charge in [0.1, 0.15) is 0 Å². The summed E-state index contributed by atoms with van der Waals surface area (Å²) >= 11 is 5.60. The first kappa shape index (κ1) is 13.2. The molecule has 0 aliphatic rings. The van der Waals surface area contributed by atoms with Gasteiger partial charge in [-0.15, -0.1) is 7.77 Å². The van der Waals surface area contributed by atoms with Gasteiger partial charge in [0, 0.05) is 15.0 Å². The smallest absolute Gasteiger partial charge is 0.157 e. The molecule has 1 rings (SSSR count). The van der Waals surface area contributed by atoms with Gasteiger partial charge in [-0.3, -0.25) is 0 Å². The maximum atomic E-state index is 12.9. The second-order valence-electron chi connectivity index (χ2n) is 2.43. The predicted octanol–water partition coefficient (Wildman–Crippen LogP) is 5.46. The summed E-state index contributed by atoms with van der Waals surface area (Å²) in [7, 11) is -5.80. The predicted molar refractivity (Wildman–Crippen MR) is 54.8 cm³/mol. The molecule has 0 aliphatic carbocycles. The second kappa shape index (κ2) is 4.21. The van der Waals surface area contributed by atoms with Crippen LogP contribution in [0.1, 0.15) is 0 Å². The second-order valence-corrected chi connectivity index (χ2v) is 6.01. The van der Waals surface area contributed by atoms with Crippen molar-refractivity contribution in [1.82, 2.24) is 0 Å². The summed E-state index contributed by atoms with van der Waals surface area (Å²) in [5.41, 5.74) is -5.52. The van der Waals surface area contributed by atoms with Gasteiger partial charge in [0.05, 0.1) is 4.90 Å². The van der Waals surface area contributed by atoms with Crippen molar-refractivity contribution in [2.75, 3.05) is 0 Å². The Morgan fingerprint density at radius 3 is 1.80 bits per heavy atom. The van der Waals surface area contributed by atoms with Crippen molar-refractivity contribution in [2.45, 2.75) is 10.4 Å². The number of hydrogen-bond donors (Lipinski definition) is 0. The van der Waals surface area contributed by atoms with E-state index in [4.69, 9.17) is 0 Å². The Labute approximate surface area is 101 Å². The summed E-state index contributed by atoms with van der Waals surface area (Å²) < 4.78 is 62.0. The molecule has 0 nitrogen and oxygen atoms in total. The molecule has 0 saturated heterocycles. The Kier molecular flexibility index (Phi) is 3.72. The highest BCUT2D eigenvalue weighted by Gasteiger charge is 2.54. The lowest BCUT2D eigenvalue weighted by Gasteiger charge is -2.23. The standard InChI is InChI=1S/C7H2Br2F5S/c8-4-1-5(9)3-6(2-4)15(13,14)7(10,11)12/h2-3H. The van der Waals surface area contributed by atoms with Crippen LogP contribution >= 0.6 is 42.7 Å². The molecule has 1 aromatic rings. The number of halogens is 7. The van der Waals surface area contributed by atoms with Crippen molar-refractivity contribution in [3.05, 3.63) is 27.1 Å². The molecule has 0 N–H and O–H groups in total. The van der Waals surface area contributed by atoms with Gasteiger partial charge in [0.25, 0.3) is 0 Å². The van der Waals surface area contributed by atoms with Crippen LogP contribution in [-0.2, 0) is 0 Å². The summed E-state index contributed by atoms with van der Waals surface area (Å²) in [6, 6.07) is 3.91. The third-order valence-corrected chi connectivity index (χ3v) is 3.63. The normalized spacial score (nSPS) is 14.1. The first-order valence-corrected chi connectivity index (χ1v) is 6.34. The Balaban J connectivity index is 3.27. The monoisotopic (exact) mass is 371 g/mol. The SMILES string of the molecule is FC(F)(F)S(F)(F)c1cc(Br)[c]c(Br)c1. The number of rotatable bonds is 1. The summed E-state index contributed by atoms with van der Waals surface area (Å²) in [6.45, 7) is 0. The van der Waals surface area contributed by atoms with E-state index in [1.807, 2.05) is 0 Å². The molecule has 0 spiro atoms.